The van der Waals surface area contributed by atoms with Gasteiger partial charge < -0.3 is 19.7 Å². The fraction of sp³-hybridized carbons (Fsp3) is 0.481. The molecule has 3 rings (SSSR count). The van der Waals surface area contributed by atoms with Gasteiger partial charge in [-0.25, -0.2) is 4.39 Å². The molecule has 3 atom stereocenters. The number of rotatable bonds is 5. The minimum atomic E-state index is -0.265. The topological polar surface area (TPSA) is 71.1 Å². The Bertz CT molecular complexity index is 1030. The molecule has 0 unspecified atom stereocenters. The first kappa shape index (κ1) is 26.6. The maximum Gasteiger partial charge on any atom is 0.257 e. The molecule has 1 N–H and O–H groups in total. The van der Waals surface area contributed by atoms with Crippen molar-refractivity contribution in [1.29, 1.82) is 0 Å². The molecular weight excluding hydrogens is 449 g/mol. The first-order valence-electron chi connectivity index (χ1n) is 12.0. The van der Waals surface area contributed by atoms with Crippen LogP contribution in [0.15, 0.2) is 42.5 Å². The summed E-state index contributed by atoms with van der Waals surface area (Å²) in [6.07, 6.45) is 0.167. The fourth-order valence-electron chi connectivity index (χ4n) is 4.26. The Morgan fingerprint density at radius 1 is 1.20 bits per heavy atom. The molecule has 7 nitrogen and oxygen atoms in total. The molecule has 0 aliphatic carbocycles. The van der Waals surface area contributed by atoms with Crippen molar-refractivity contribution in [1.82, 2.24) is 9.80 Å². The van der Waals surface area contributed by atoms with Crippen molar-refractivity contribution in [3.8, 4) is 5.75 Å². The van der Waals surface area contributed by atoms with Crippen molar-refractivity contribution in [3.63, 3.8) is 0 Å². The second kappa shape index (κ2) is 12.1. The summed E-state index contributed by atoms with van der Waals surface area (Å²) in [6.45, 7) is 7.89. The van der Waals surface area contributed by atoms with Crippen LogP contribution in [-0.4, -0.2) is 67.6 Å². The van der Waals surface area contributed by atoms with E-state index in [1.807, 2.05) is 6.07 Å². The average Bonchev–Trinajstić information content (AvgIpc) is 2.84. The lowest BCUT2D eigenvalue weighted by atomic mass is 10.0. The Labute approximate surface area is 207 Å². The van der Waals surface area contributed by atoms with Gasteiger partial charge in [0, 0.05) is 58.0 Å². The molecule has 2 aromatic carbocycles. The number of benzene rings is 2. The molecule has 0 fully saturated rings. The molecule has 0 aromatic heterocycles. The first-order valence-corrected chi connectivity index (χ1v) is 12.0. The highest BCUT2D eigenvalue weighted by atomic mass is 19.1. The number of methoxy groups -OCH3 is 1. The van der Waals surface area contributed by atoms with Gasteiger partial charge in [0.1, 0.15) is 18.2 Å². The zero-order chi connectivity index (χ0) is 25.5. The second-order valence-corrected chi connectivity index (χ2v) is 9.27. The largest absolute Gasteiger partial charge is 0.491 e. The Morgan fingerprint density at radius 3 is 2.66 bits per heavy atom. The number of halogens is 1. The van der Waals surface area contributed by atoms with Gasteiger partial charge >= 0.3 is 0 Å². The number of amides is 2. The van der Waals surface area contributed by atoms with Crippen LogP contribution in [0, 0.1) is 11.7 Å². The van der Waals surface area contributed by atoms with Crippen molar-refractivity contribution >= 4 is 17.5 Å². The van der Waals surface area contributed by atoms with Gasteiger partial charge in [-0.1, -0.05) is 26.0 Å². The monoisotopic (exact) mass is 485 g/mol. The van der Waals surface area contributed by atoms with E-state index in [2.05, 4.69) is 24.1 Å². The summed E-state index contributed by atoms with van der Waals surface area (Å²) in [5.41, 5.74) is 1.88. The maximum atomic E-state index is 13.8. The summed E-state index contributed by atoms with van der Waals surface area (Å²) in [5.74, 6) is -0.0347. The number of carbonyl (C=O) groups is 2. The fourth-order valence-corrected chi connectivity index (χ4v) is 4.26. The van der Waals surface area contributed by atoms with E-state index < -0.39 is 0 Å². The summed E-state index contributed by atoms with van der Waals surface area (Å²) in [5, 5.41) is 2.82. The number of nitrogens with zero attached hydrogens (tertiary/aromatic N) is 2. The number of hydrogen-bond acceptors (Lipinski definition) is 5. The molecule has 2 aromatic rings. The third kappa shape index (κ3) is 7.02. The molecular formula is C27H36FN3O4. The van der Waals surface area contributed by atoms with Crippen LogP contribution in [0.3, 0.4) is 0 Å². The molecule has 0 spiro atoms. The predicted molar refractivity (Wildman–Crippen MR) is 134 cm³/mol. The molecule has 1 heterocycles. The number of anilines is 1. The number of hydrogen-bond donors (Lipinski definition) is 1. The number of likely N-dealkylation sites (N-methyl/N-ethyl adjacent to an activating group) is 1. The van der Waals surface area contributed by atoms with E-state index in [-0.39, 0.29) is 35.7 Å². The minimum Gasteiger partial charge on any atom is -0.491 e. The van der Waals surface area contributed by atoms with E-state index in [0.29, 0.717) is 49.7 Å². The van der Waals surface area contributed by atoms with Gasteiger partial charge in [0.15, 0.2) is 0 Å². The Hall–Kier alpha value is -2.97. The van der Waals surface area contributed by atoms with E-state index in [0.717, 1.165) is 5.56 Å². The third-order valence-electron chi connectivity index (χ3n) is 6.46. The highest BCUT2D eigenvalue weighted by Gasteiger charge is 2.28. The molecule has 1 aliphatic rings. The van der Waals surface area contributed by atoms with Crippen LogP contribution in [0.1, 0.15) is 43.1 Å². The van der Waals surface area contributed by atoms with Crippen LogP contribution in [-0.2, 0) is 16.1 Å². The van der Waals surface area contributed by atoms with Crippen LogP contribution in [0.4, 0.5) is 10.1 Å². The lowest BCUT2D eigenvalue weighted by Gasteiger charge is -2.36. The third-order valence-corrected chi connectivity index (χ3v) is 6.46. The molecule has 0 saturated heterocycles. The van der Waals surface area contributed by atoms with Gasteiger partial charge in [0.2, 0.25) is 5.91 Å². The van der Waals surface area contributed by atoms with Crippen LogP contribution >= 0.6 is 0 Å². The number of nitrogens with one attached hydrogen (secondary N) is 1. The molecule has 0 bridgehead atoms. The lowest BCUT2D eigenvalue weighted by molar-refractivity contribution is -0.115. The van der Waals surface area contributed by atoms with Gasteiger partial charge in [-0.3, -0.25) is 14.5 Å². The number of ether oxygens (including phenoxy) is 2. The van der Waals surface area contributed by atoms with Crippen molar-refractivity contribution in [2.24, 2.45) is 5.92 Å². The lowest BCUT2D eigenvalue weighted by Crippen LogP contribution is -2.46. The zero-order valence-corrected chi connectivity index (χ0v) is 21.2. The van der Waals surface area contributed by atoms with Gasteiger partial charge in [-0.05, 0) is 42.7 Å². The molecule has 8 heteroatoms. The van der Waals surface area contributed by atoms with Gasteiger partial charge in [-0.2, -0.15) is 0 Å². The summed E-state index contributed by atoms with van der Waals surface area (Å²) in [6, 6.07) is 11.7. The van der Waals surface area contributed by atoms with Gasteiger partial charge in [0.25, 0.3) is 5.91 Å². The molecule has 35 heavy (non-hydrogen) atoms. The Balaban J connectivity index is 1.94. The predicted octanol–water partition coefficient (Wildman–Crippen LogP) is 4.18. The maximum absolute atomic E-state index is 13.8. The summed E-state index contributed by atoms with van der Waals surface area (Å²) >= 11 is 0. The van der Waals surface area contributed by atoms with Crippen molar-refractivity contribution in [2.75, 3.05) is 39.2 Å². The van der Waals surface area contributed by atoms with E-state index in [1.165, 1.54) is 6.07 Å². The first-order chi connectivity index (χ1) is 16.7. The Kier molecular flexibility index (Phi) is 9.23. The van der Waals surface area contributed by atoms with Crippen LogP contribution in [0.25, 0.3) is 0 Å². The highest BCUT2D eigenvalue weighted by molar-refractivity contribution is 5.98. The standard InChI is InChI=1S/C27H36FN3O4/c1-6-26(32)29-22-10-11-23-24(13-22)35-17-19(3)31(15-20-8-7-9-21(28)12-20)14-18(2)25(34-5)16-30(4)27(23)33/h7-13,18-19,25H,6,14-17H2,1-5H3,(H,29,32)/t18-,19+,25+/m1/s1. The molecule has 0 radical (unpaired) electrons. The van der Waals surface area contributed by atoms with Crippen LogP contribution in [0.5, 0.6) is 5.75 Å². The van der Waals surface area contributed by atoms with E-state index in [4.69, 9.17) is 9.47 Å². The normalized spacial score (nSPS) is 21.9. The average molecular weight is 486 g/mol. The summed E-state index contributed by atoms with van der Waals surface area (Å²) < 4.78 is 25.8. The quantitative estimate of drug-likeness (QED) is 0.688. The molecule has 0 saturated carbocycles. The smallest absolute Gasteiger partial charge is 0.257 e. The SMILES string of the molecule is CCC(=O)Nc1ccc2c(c1)OC[C@H](C)N(Cc1cccc(F)c1)C[C@@H](C)[C@@H](OC)CN(C)C2=O. The minimum absolute atomic E-state index is 0.0350. The second-order valence-electron chi connectivity index (χ2n) is 9.27. The van der Waals surface area contributed by atoms with Crippen molar-refractivity contribution in [2.45, 2.75) is 45.9 Å². The van der Waals surface area contributed by atoms with E-state index in [1.54, 1.807) is 56.3 Å². The van der Waals surface area contributed by atoms with Crippen LogP contribution < -0.4 is 10.1 Å². The van der Waals surface area contributed by atoms with Crippen molar-refractivity contribution < 1.29 is 23.5 Å². The van der Waals surface area contributed by atoms with Crippen molar-refractivity contribution in [3.05, 3.63) is 59.4 Å². The van der Waals surface area contributed by atoms with Crippen LogP contribution in [0.2, 0.25) is 0 Å². The Morgan fingerprint density at radius 2 is 1.97 bits per heavy atom. The van der Waals surface area contributed by atoms with E-state index in [9.17, 15) is 14.0 Å². The summed E-state index contributed by atoms with van der Waals surface area (Å²) in [4.78, 5) is 29.1. The molecule has 2 amide bonds. The van der Waals surface area contributed by atoms with Gasteiger partial charge in [-0.15, -0.1) is 0 Å². The summed E-state index contributed by atoms with van der Waals surface area (Å²) in [7, 11) is 3.40. The number of fused-ring (bicyclic) bond motifs is 1. The van der Waals surface area contributed by atoms with E-state index >= 15 is 0 Å². The highest BCUT2D eigenvalue weighted by Crippen LogP contribution is 2.27. The van der Waals surface area contributed by atoms with Gasteiger partial charge in [0.05, 0.1) is 11.7 Å². The molecule has 1 aliphatic heterocycles. The number of carbonyl (C=O) groups excluding carboxylic acids is 2. The molecule has 190 valence electrons. The zero-order valence-electron chi connectivity index (χ0n) is 21.2.